The minimum absolute atomic E-state index is 0.0626. The molecule has 0 aromatic carbocycles. The molecule has 1 fully saturated rings. The highest BCUT2D eigenvalue weighted by Gasteiger charge is 2.40. The number of hydrogen-bond acceptors (Lipinski definition) is 2. The van der Waals surface area contributed by atoms with Gasteiger partial charge in [-0.1, -0.05) is 18.6 Å². The summed E-state index contributed by atoms with van der Waals surface area (Å²) in [4.78, 5) is 0. The minimum atomic E-state index is -1.53. The van der Waals surface area contributed by atoms with E-state index in [0.29, 0.717) is 0 Å². The molecule has 0 saturated carbocycles. The molecule has 2 nitrogen and oxygen atoms in total. The maximum absolute atomic E-state index is 6.45. The molecule has 0 aliphatic carbocycles. The van der Waals surface area contributed by atoms with E-state index in [0.717, 1.165) is 32.3 Å². The van der Waals surface area contributed by atoms with Gasteiger partial charge in [-0.3, -0.25) is 0 Å². The fourth-order valence-corrected chi connectivity index (χ4v) is 4.03. The van der Waals surface area contributed by atoms with Gasteiger partial charge in [-0.25, -0.2) is 0 Å². The number of hydrogen-bond donors (Lipinski definition) is 0. The van der Waals surface area contributed by atoms with Gasteiger partial charge < -0.3 is 9.16 Å². The van der Waals surface area contributed by atoms with Crippen molar-refractivity contribution < 1.29 is 9.16 Å². The molecule has 0 N–H and O–H groups in total. The Morgan fingerprint density at radius 1 is 1.42 bits per heavy atom. The number of allylic oxidation sites excluding steroid dienone is 2. The molecule has 3 heteroatoms. The van der Waals surface area contributed by atoms with Crippen LogP contribution in [0.1, 0.15) is 52.9 Å². The predicted octanol–water partition coefficient (Wildman–Crippen LogP) is 4.91. The molecule has 0 radical (unpaired) electrons. The van der Waals surface area contributed by atoms with Crippen molar-refractivity contribution in [1.29, 1.82) is 0 Å². The first-order valence-electron chi connectivity index (χ1n) is 7.76. The molecule has 0 amide bonds. The first-order valence-corrected chi connectivity index (χ1v) is 11.2. The van der Waals surface area contributed by atoms with Gasteiger partial charge in [0.1, 0.15) is 0 Å². The first-order chi connectivity index (χ1) is 8.80. The van der Waals surface area contributed by atoms with Crippen LogP contribution < -0.4 is 0 Å². The third-order valence-corrected chi connectivity index (χ3v) is 5.01. The van der Waals surface area contributed by atoms with E-state index in [-0.39, 0.29) is 11.7 Å². The van der Waals surface area contributed by atoms with Crippen LogP contribution in [0.25, 0.3) is 0 Å². The van der Waals surface area contributed by atoms with E-state index in [4.69, 9.17) is 9.16 Å². The highest BCUT2D eigenvalue weighted by Crippen LogP contribution is 2.35. The quantitative estimate of drug-likeness (QED) is 0.488. The summed E-state index contributed by atoms with van der Waals surface area (Å²) in [5.74, 6) is 0. The number of ether oxygens (including phenoxy) is 1. The first kappa shape index (κ1) is 16.9. The van der Waals surface area contributed by atoms with Crippen LogP contribution >= 0.6 is 0 Å². The Morgan fingerprint density at radius 3 is 2.53 bits per heavy atom. The molecule has 1 rings (SSSR count). The van der Waals surface area contributed by atoms with E-state index < -0.39 is 8.32 Å². The highest BCUT2D eigenvalue weighted by molar-refractivity contribution is 6.69. The minimum Gasteiger partial charge on any atom is -0.412 e. The zero-order chi connectivity index (χ0) is 14.5. The zero-order valence-corrected chi connectivity index (χ0v) is 14.7. The van der Waals surface area contributed by atoms with Crippen LogP contribution in [0.5, 0.6) is 0 Å². The van der Waals surface area contributed by atoms with Crippen LogP contribution in [0, 0.1) is 0 Å². The van der Waals surface area contributed by atoms with E-state index >= 15 is 0 Å². The van der Waals surface area contributed by atoms with Crippen LogP contribution in [0.4, 0.5) is 0 Å². The van der Waals surface area contributed by atoms with Crippen molar-refractivity contribution in [2.45, 2.75) is 84.2 Å². The summed E-state index contributed by atoms with van der Waals surface area (Å²) in [6.07, 6.45) is 8.20. The van der Waals surface area contributed by atoms with E-state index in [1.807, 2.05) is 0 Å². The molecule has 0 spiro atoms. The maximum Gasteiger partial charge on any atom is 0.184 e. The Kier molecular flexibility index (Phi) is 6.28. The van der Waals surface area contributed by atoms with E-state index in [2.05, 4.69) is 46.5 Å². The molecule has 19 heavy (non-hydrogen) atoms. The lowest BCUT2D eigenvalue weighted by molar-refractivity contribution is -0.0719. The molecule has 1 heterocycles. The molecule has 1 saturated heterocycles. The average Bonchev–Trinajstić information content (AvgIpc) is 2.75. The summed E-state index contributed by atoms with van der Waals surface area (Å²) in [5.41, 5.74) is 1.47. The van der Waals surface area contributed by atoms with Crippen molar-refractivity contribution in [2.24, 2.45) is 0 Å². The van der Waals surface area contributed by atoms with Gasteiger partial charge in [0.15, 0.2) is 8.32 Å². The van der Waals surface area contributed by atoms with Crippen molar-refractivity contribution >= 4 is 8.32 Å². The molecule has 2 atom stereocenters. The molecule has 0 aromatic rings. The van der Waals surface area contributed by atoms with E-state index in [1.54, 1.807) is 0 Å². The summed E-state index contributed by atoms with van der Waals surface area (Å²) in [6.45, 7) is 14.3. The standard InChI is InChI=1S/C16H32O2Si/c1-7-14(8-2)10-11-15(18-19(4,5)6)16(3)12-9-13-17-16/h7,15H,8-13H2,1-6H3/b14-7+/t15-,16+/m1/s1. The molecular formula is C16H32O2Si. The van der Waals surface area contributed by atoms with Crippen LogP contribution in [0.2, 0.25) is 19.6 Å². The Morgan fingerprint density at radius 2 is 2.11 bits per heavy atom. The van der Waals surface area contributed by atoms with Crippen molar-refractivity contribution in [3.63, 3.8) is 0 Å². The highest BCUT2D eigenvalue weighted by atomic mass is 28.4. The summed E-state index contributed by atoms with van der Waals surface area (Å²) in [5, 5.41) is 0. The van der Waals surface area contributed by atoms with Crippen LogP contribution in [0.3, 0.4) is 0 Å². The third-order valence-electron chi connectivity index (χ3n) is 4.02. The Balaban J connectivity index is 2.69. The van der Waals surface area contributed by atoms with Gasteiger partial charge in [-0.05, 0) is 65.6 Å². The van der Waals surface area contributed by atoms with Crippen molar-refractivity contribution in [1.82, 2.24) is 0 Å². The molecule has 112 valence electrons. The van der Waals surface area contributed by atoms with Crippen LogP contribution in [-0.4, -0.2) is 26.6 Å². The second kappa shape index (κ2) is 7.05. The smallest absolute Gasteiger partial charge is 0.184 e. The molecule has 0 aromatic heterocycles. The fraction of sp³-hybridized carbons (Fsp3) is 0.875. The summed E-state index contributed by atoms with van der Waals surface area (Å²) < 4.78 is 12.5. The average molecular weight is 285 g/mol. The Bertz CT molecular complexity index is 298. The molecular weight excluding hydrogens is 252 g/mol. The molecule has 0 bridgehead atoms. The number of rotatable bonds is 7. The van der Waals surface area contributed by atoms with Crippen molar-refractivity contribution in [3.05, 3.63) is 11.6 Å². The van der Waals surface area contributed by atoms with Gasteiger partial charge in [0, 0.05) is 6.61 Å². The SMILES string of the molecule is C/C=C(\CC)CC[C@@H](O[Si](C)(C)C)[C@]1(C)CCCO1. The van der Waals surface area contributed by atoms with Gasteiger partial charge in [0.05, 0.1) is 11.7 Å². The summed E-state index contributed by atoms with van der Waals surface area (Å²) in [7, 11) is -1.53. The van der Waals surface area contributed by atoms with E-state index in [9.17, 15) is 0 Å². The topological polar surface area (TPSA) is 18.5 Å². The van der Waals surface area contributed by atoms with Gasteiger partial charge in [0.25, 0.3) is 0 Å². The normalized spacial score (nSPS) is 26.7. The Labute approximate surface area is 120 Å². The van der Waals surface area contributed by atoms with Gasteiger partial charge in [0.2, 0.25) is 0 Å². The molecule has 1 aliphatic rings. The summed E-state index contributed by atoms with van der Waals surface area (Å²) >= 11 is 0. The van der Waals surface area contributed by atoms with E-state index in [1.165, 1.54) is 12.0 Å². The predicted molar refractivity (Wildman–Crippen MR) is 85.1 cm³/mol. The lowest BCUT2D eigenvalue weighted by Crippen LogP contribution is -2.46. The largest absolute Gasteiger partial charge is 0.412 e. The zero-order valence-electron chi connectivity index (χ0n) is 13.7. The lowest BCUT2D eigenvalue weighted by atomic mass is 9.90. The van der Waals surface area contributed by atoms with Crippen LogP contribution in [0.15, 0.2) is 11.6 Å². The van der Waals surface area contributed by atoms with Gasteiger partial charge >= 0.3 is 0 Å². The maximum atomic E-state index is 6.45. The fourth-order valence-electron chi connectivity index (χ4n) is 2.81. The molecule has 0 unspecified atom stereocenters. The second-order valence-electron chi connectivity index (χ2n) is 6.82. The van der Waals surface area contributed by atoms with Gasteiger partial charge in [-0.2, -0.15) is 0 Å². The third kappa shape index (κ3) is 5.40. The van der Waals surface area contributed by atoms with Crippen molar-refractivity contribution in [2.75, 3.05) is 6.61 Å². The summed E-state index contributed by atoms with van der Waals surface area (Å²) in [6, 6.07) is 0. The lowest BCUT2D eigenvalue weighted by Gasteiger charge is -2.37. The molecule has 1 aliphatic heterocycles. The second-order valence-corrected chi connectivity index (χ2v) is 11.3. The van der Waals surface area contributed by atoms with Gasteiger partial charge in [-0.15, -0.1) is 0 Å². The monoisotopic (exact) mass is 284 g/mol. The van der Waals surface area contributed by atoms with Crippen LogP contribution in [-0.2, 0) is 9.16 Å². The Hall–Kier alpha value is -0.123. The van der Waals surface area contributed by atoms with Crippen molar-refractivity contribution in [3.8, 4) is 0 Å².